The van der Waals surface area contributed by atoms with E-state index >= 15 is 0 Å². The summed E-state index contributed by atoms with van der Waals surface area (Å²) in [6.45, 7) is 5.94. The molecule has 25 heavy (non-hydrogen) atoms. The van der Waals surface area contributed by atoms with Gasteiger partial charge in [-0.2, -0.15) is 0 Å². The number of halogens is 1. The van der Waals surface area contributed by atoms with Gasteiger partial charge in [-0.3, -0.25) is 9.59 Å². The monoisotopic (exact) mass is 356 g/mol. The summed E-state index contributed by atoms with van der Waals surface area (Å²) in [4.78, 5) is 24.7. The normalized spacial score (nSPS) is 18.6. The van der Waals surface area contributed by atoms with E-state index in [0.29, 0.717) is 17.1 Å². The first-order valence-corrected chi connectivity index (χ1v) is 8.68. The van der Waals surface area contributed by atoms with E-state index in [1.54, 1.807) is 12.1 Å². The molecule has 4 nitrogen and oxygen atoms in total. The molecule has 2 unspecified atom stereocenters. The number of nitrogens with one attached hydrogen (secondary N) is 2. The van der Waals surface area contributed by atoms with Gasteiger partial charge in [-0.1, -0.05) is 23.7 Å². The van der Waals surface area contributed by atoms with Gasteiger partial charge in [-0.15, -0.1) is 0 Å². The van der Waals surface area contributed by atoms with Crippen LogP contribution in [-0.4, -0.2) is 11.8 Å². The molecule has 1 saturated carbocycles. The van der Waals surface area contributed by atoms with Gasteiger partial charge in [0, 0.05) is 16.4 Å². The van der Waals surface area contributed by atoms with E-state index in [9.17, 15) is 9.59 Å². The molecule has 2 aromatic rings. The first-order chi connectivity index (χ1) is 11.8. The summed E-state index contributed by atoms with van der Waals surface area (Å²) in [5.41, 5.74) is 4.70. The Balaban J connectivity index is 1.59. The maximum Gasteiger partial charge on any atom is 0.228 e. The Labute approximate surface area is 152 Å². The Hall–Kier alpha value is -2.33. The quantitative estimate of drug-likeness (QED) is 0.848. The molecule has 0 heterocycles. The number of aryl methyl sites for hydroxylation is 3. The van der Waals surface area contributed by atoms with Crippen LogP contribution in [0.2, 0.25) is 5.02 Å². The maximum absolute atomic E-state index is 12.4. The lowest BCUT2D eigenvalue weighted by Gasteiger charge is -2.09. The van der Waals surface area contributed by atoms with Crippen LogP contribution >= 0.6 is 11.6 Å². The zero-order valence-corrected chi connectivity index (χ0v) is 15.3. The Morgan fingerprint density at radius 1 is 0.880 bits per heavy atom. The lowest BCUT2D eigenvalue weighted by molar-refractivity contribution is -0.122. The second-order valence-corrected chi connectivity index (χ2v) is 7.12. The summed E-state index contributed by atoms with van der Waals surface area (Å²) in [6, 6.07) is 11.2. The van der Waals surface area contributed by atoms with Crippen molar-refractivity contribution >= 4 is 34.8 Å². The topological polar surface area (TPSA) is 58.2 Å². The highest BCUT2D eigenvalue weighted by atomic mass is 35.5. The molecule has 0 aromatic heterocycles. The molecule has 1 aliphatic rings. The van der Waals surface area contributed by atoms with Crippen molar-refractivity contribution in [2.45, 2.75) is 27.2 Å². The van der Waals surface area contributed by atoms with Crippen LogP contribution in [0.1, 0.15) is 23.1 Å². The molecule has 0 spiro atoms. The lowest BCUT2D eigenvalue weighted by atomic mass is 10.1. The fraction of sp³-hybridized carbons (Fsp3) is 0.300. The van der Waals surface area contributed by atoms with Crippen LogP contribution in [0.25, 0.3) is 0 Å². The van der Waals surface area contributed by atoms with Crippen molar-refractivity contribution < 1.29 is 9.59 Å². The van der Waals surface area contributed by atoms with Crippen molar-refractivity contribution in [2.24, 2.45) is 11.8 Å². The number of hydrogen-bond donors (Lipinski definition) is 2. The second-order valence-electron chi connectivity index (χ2n) is 6.69. The molecule has 0 saturated heterocycles. The van der Waals surface area contributed by atoms with Crippen LogP contribution in [0.5, 0.6) is 0 Å². The first-order valence-electron chi connectivity index (χ1n) is 8.30. The van der Waals surface area contributed by atoms with Crippen molar-refractivity contribution in [3.05, 3.63) is 58.1 Å². The zero-order valence-electron chi connectivity index (χ0n) is 14.5. The molecule has 0 aliphatic heterocycles. The smallest absolute Gasteiger partial charge is 0.228 e. The van der Waals surface area contributed by atoms with E-state index in [0.717, 1.165) is 16.8 Å². The minimum atomic E-state index is -0.287. The van der Waals surface area contributed by atoms with Gasteiger partial charge in [-0.05, 0) is 68.1 Å². The summed E-state index contributed by atoms with van der Waals surface area (Å²) in [5, 5.41) is 6.35. The van der Waals surface area contributed by atoms with Gasteiger partial charge in [-0.25, -0.2) is 0 Å². The predicted octanol–water partition coefficient (Wildman–Crippen LogP) is 4.48. The molecule has 2 aromatic carbocycles. The van der Waals surface area contributed by atoms with E-state index in [1.807, 2.05) is 45.0 Å². The van der Waals surface area contributed by atoms with Crippen LogP contribution in [0.4, 0.5) is 11.4 Å². The molecule has 3 rings (SSSR count). The molecule has 0 bridgehead atoms. The Morgan fingerprint density at radius 3 is 2.20 bits per heavy atom. The summed E-state index contributed by atoms with van der Waals surface area (Å²) in [7, 11) is 0. The number of anilines is 2. The van der Waals surface area contributed by atoms with Crippen molar-refractivity contribution in [1.82, 2.24) is 0 Å². The largest absolute Gasteiger partial charge is 0.326 e. The third kappa shape index (κ3) is 4.02. The van der Waals surface area contributed by atoms with Crippen molar-refractivity contribution in [3.8, 4) is 0 Å². The van der Waals surface area contributed by atoms with Crippen LogP contribution in [-0.2, 0) is 9.59 Å². The van der Waals surface area contributed by atoms with Crippen molar-refractivity contribution in [1.29, 1.82) is 0 Å². The molecule has 2 amide bonds. The minimum absolute atomic E-state index is 0.105. The number of carbonyl (C=O) groups is 2. The average molecular weight is 357 g/mol. The summed E-state index contributed by atoms with van der Waals surface area (Å²) in [5.74, 6) is -0.803. The molecule has 1 fully saturated rings. The maximum atomic E-state index is 12.4. The average Bonchev–Trinajstić information content (AvgIpc) is 3.35. The SMILES string of the molecule is Cc1ccc(NC(=O)C2CC2C(=O)Nc2cc(Cl)ccc2C)cc1C. The van der Waals surface area contributed by atoms with Gasteiger partial charge < -0.3 is 10.6 Å². The standard InChI is InChI=1S/C20H21ClN2O2/c1-11-5-7-15(8-13(11)3)22-19(24)16-10-17(16)20(25)23-18-9-14(21)6-4-12(18)2/h4-9,16-17H,10H2,1-3H3,(H,22,24)(H,23,25). The van der Waals surface area contributed by atoms with Gasteiger partial charge in [0.25, 0.3) is 0 Å². The zero-order chi connectivity index (χ0) is 18.1. The number of hydrogen-bond acceptors (Lipinski definition) is 2. The summed E-state index contributed by atoms with van der Waals surface area (Å²) >= 11 is 5.97. The van der Waals surface area contributed by atoms with Gasteiger partial charge in [0.2, 0.25) is 11.8 Å². The number of amides is 2. The molecular formula is C20H21ClN2O2. The van der Waals surface area contributed by atoms with Gasteiger partial charge in [0.15, 0.2) is 0 Å². The highest BCUT2D eigenvalue weighted by molar-refractivity contribution is 6.31. The number of benzene rings is 2. The Morgan fingerprint density at radius 2 is 1.52 bits per heavy atom. The van der Waals surface area contributed by atoms with E-state index in [4.69, 9.17) is 11.6 Å². The number of carbonyl (C=O) groups excluding carboxylic acids is 2. The Kier molecular flexibility index (Phi) is 4.82. The molecule has 5 heteroatoms. The minimum Gasteiger partial charge on any atom is -0.326 e. The third-order valence-corrected chi connectivity index (χ3v) is 4.93. The van der Waals surface area contributed by atoms with Crippen molar-refractivity contribution in [2.75, 3.05) is 10.6 Å². The predicted molar refractivity (Wildman–Crippen MR) is 101 cm³/mol. The van der Waals surface area contributed by atoms with Crippen LogP contribution in [0.3, 0.4) is 0 Å². The van der Waals surface area contributed by atoms with E-state index in [1.165, 1.54) is 5.56 Å². The van der Waals surface area contributed by atoms with E-state index in [-0.39, 0.29) is 23.7 Å². The molecule has 0 radical (unpaired) electrons. The Bertz CT molecular complexity index is 848. The van der Waals surface area contributed by atoms with Crippen LogP contribution < -0.4 is 10.6 Å². The third-order valence-electron chi connectivity index (χ3n) is 4.70. The highest BCUT2D eigenvalue weighted by Gasteiger charge is 2.48. The van der Waals surface area contributed by atoms with E-state index < -0.39 is 0 Å². The fourth-order valence-electron chi connectivity index (χ4n) is 2.78. The second kappa shape index (κ2) is 6.89. The fourth-order valence-corrected chi connectivity index (χ4v) is 2.96. The molecule has 2 atom stereocenters. The summed E-state index contributed by atoms with van der Waals surface area (Å²) < 4.78 is 0. The summed E-state index contributed by atoms with van der Waals surface area (Å²) in [6.07, 6.45) is 0.572. The highest BCUT2D eigenvalue weighted by Crippen LogP contribution is 2.40. The lowest BCUT2D eigenvalue weighted by Crippen LogP contribution is -2.21. The van der Waals surface area contributed by atoms with E-state index in [2.05, 4.69) is 10.6 Å². The molecular weight excluding hydrogens is 336 g/mol. The molecule has 1 aliphatic carbocycles. The molecule has 2 N–H and O–H groups in total. The molecule has 130 valence electrons. The first kappa shape index (κ1) is 17.5. The van der Waals surface area contributed by atoms with Crippen LogP contribution in [0, 0.1) is 32.6 Å². The van der Waals surface area contributed by atoms with Gasteiger partial charge in [0.05, 0.1) is 11.8 Å². The van der Waals surface area contributed by atoms with Crippen LogP contribution in [0.15, 0.2) is 36.4 Å². The van der Waals surface area contributed by atoms with Crippen molar-refractivity contribution in [3.63, 3.8) is 0 Å². The van der Waals surface area contributed by atoms with Gasteiger partial charge >= 0.3 is 0 Å². The number of rotatable bonds is 4. The van der Waals surface area contributed by atoms with Gasteiger partial charge in [0.1, 0.15) is 0 Å².